The van der Waals surface area contributed by atoms with Crippen LogP contribution in [0.25, 0.3) is 0 Å². The first kappa shape index (κ1) is 14.9. The lowest BCUT2D eigenvalue weighted by molar-refractivity contribution is -0.0317. The smallest absolute Gasteiger partial charge is 0.361 e. The fourth-order valence-corrected chi connectivity index (χ4v) is 3.67. The molecule has 3 fully saturated rings. The molecule has 2 atom stereocenters. The van der Waals surface area contributed by atoms with Crippen LogP contribution in [-0.2, 0) is 14.7 Å². The first-order chi connectivity index (χ1) is 10.9. The van der Waals surface area contributed by atoms with E-state index in [0.29, 0.717) is 31.0 Å². The quantitative estimate of drug-likeness (QED) is 0.733. The minimum absolute atomic E-state index is 0.278. The molecule has 1 aromatic rings. The van der Waals surface area contributed by atoms with E-state index in [2.05, 4.69) is 14.8 Å². The number of carbonyl (C=O) groups is 1. The van der Waals surface area contributed by atoms with E-state index >= 15 is 0 Å². The maximum absolute atomic E-state index is 12.3. The van der Waals surface area contributed by atoms with Crippen LogP contribution in [0.5, 0.6) is 0 Å². The van der Waals surface area contributed by atoms with Crippen molar-refractivity contribution >= 4 is 16.4 Å². The molecule has 3 aliphatic heterocycles. The lowest BCUT2D eigenvalue weighted by Crippen LogP contribution is -2.39. The normalized spacial score (nSPS) is 28.3. The van der Waals surface area contributed by atoms with Gasteiger partial charge in [0.2, 0.25) is 0 Å². The Morgan fingerprint density at radius 2 is 2.17 bits per heavy atom. The van der Waals surface area contributed by atoms with Crippen LogP contribution < -0.4 is 5.32 Å². The Morgan fingerprint density at radius 1 is 1.39 bits per heavy atom. The zero-order valence-electron chi connectivity index (χ0n) is 12.1. The summed E-state index contributed by atoms with van der Waals surface area (Å²) in [7, 11) is -4.73. The molecule has 0 saturated carbocycles. The minimum Gasteiger partial charge on any atom is -0.361 e. The largest absolute Gasteiger partial charge is 0.418 e. The Hall–Kier alpha value is -1.69. The molecule has 4 rings (SSSR count). The second-order valence-electron chi connectivity index (χ2n) is 6.02. The molecule has 0 aliphatic carbocycles. The third-order valence-corrected chi connectivity index (χ3v) is 4.92. The van der Waals surface area contributed by atoms with Crippen molar-refractivity contribution in [1.82, 2.24) is 20.4 Å². The van der Waals surface area contributed by atoms with Gasteiger partial charge in [0.1, 0.15) is 11.5 Å². The van der Waals surface area contributed by atoms with Crippen molar-refractivity contribution < 1.29 is 26.6 Å². The van der Waals surface area contributed by atoms with Gasteiger partial charge in [-0.25, -0.2) is 4.79 Å². The average molecular weight is 344 g/mol. The number of hydrogen-bond donors (Lipinski definition) is 2. The Morgan fingerprint density at radius 3 is 2.83 bits per heavy atom. The van der Waals surface area contributed by atoms with Gasteiger partial charge in [0.05, 0.1) is 12.1 Å². The molecule has 11 heteroatoms. The fourth-order valence-electron chi connectivity index (χ4n) is 3.28. The van der Waals surface area contributed by atoms with Crippen LogP contribution in [0.15, 0.2) is 10.6 Å². The molecular formula is C12H16N4O6S. The van der Waals surface area contributed by atoms with Crippen LogP contribution in [0.4, 0.5) is 4.79 Å². The molecule has 23 heavy (non-hydrogen) atoms. The van der Waals surface area contributed by atoms with Crippen molar-refractivity contribution in [2.24, 2.45) is 0 Å². The van der Waals surface area contributed by atoms with E-state index in [9.17, 15) is 13.2 Å². The predicted molar refractivity (Wildman–Crippen MR) is 74.5 cm³/mol. The molecule has 0 spiro atoms. The molecule has 3 saturated heterocycles. The van der Waals surface area contributed by atoms with E-state index in [4.69, 9.17) is 9.08 Å². The first-order valence-corrected chi connectivity index (χ1v) is 8.73. The lowest BCUT2D eigenvalue weighted by Gasteiger charge is -2.28. The van der Waals surface area contributed by atoms with Gasteiger partial charge >= 0.3 is 16.4 Å². The third-order valence-electron chi connectivity index (χ3n) is 4.57. The highest BCUT2D eigenvalue weighted by Crippen LogP contribution is 2.39. The average Bonchev–Trinajstić information content (AvgIpc) is 2.97. The number of rotatable bonds is 4. The predicted octanol–water partition coefficient (Wildman–Crippen LogP) is 0.0369. The Kier molecular flexibility index (Phi) is 3.34. The highest BCUT2D eigenvalue weighted by molar-refractivity contribution is 7.80. The summed E-state index contributed by atoms with van der Waals surface area (Å²) in [5.41, 5.74) is 0.660. The van der Waals surface area contributed by atoms with Crippen molar-refractivity contribution in [3.63, 3.8) is 0 Å². The van der Waals surface area contributed by atoms with Crippen LogP contribution in [-0.4, -0.2) is 59.8 Å². The summed E-state index contributed by atoms with van der Waals surface area (Å²) in [6.45, 7) is 2.02. The van der Waals surface area contributed by atoms with Crippen molar-refractivity contribution in [2.45, 2.75) is 30.8 Å². The molecule has 2 amide bonds. The van der Waals surface area contributed by atoms with E-state index in [1.807, 2.05) is 6.07 Å². The Balaban J connectivity index is 1.54. The molecule has 0 radical (unpaired) electrons. The van der Waals surface area contributed by atoms with E-state index in [1.54, 1.807) is 0 Å². The zero-order chi connectivity index (χ0) is 16.2. The number of piperidine rings is 1. The number of amides is 2. The van der Waals surface area contributed by atoms with Gasteiger partial charge in [-0.05, 0) is 12.8 Å². The van der Waals surface area contributed by atoms with Gasteiger partial charge in [-0.1, -0.05) is 5.16 Å². The van der Waals surface area contributed by atoms with Crippen molar-refractivity contribution in [3.05, 3.63) is 17.5 Å². The molecule has 126 valence electrons. The van der Waals surface area contributed by atoms with Crippen LogP contribution in [0, 0.1) is 0 Å². The van der Waals surface area contributed by atoms with Crippen LogP contribution in [0.3, 0.4) is 0 Å². The molecule has 0 aromatic carbocycles. The number of hydroxylamine groups is 2. The van der Waals surface area contributed by atoms with Gasteiger partial charge in [-0.15, -0.1) is 4.28 Å². The number of nitrogens with one attached hydrogen (secondary N) is 1. The third kappa shape index (κ3) is 2.59. The summed E-state index contributed by atoms with van der Waals surface area (Å²) in [5.74, 6) is 1.10. The van der Waals surface area contributed by atoms with Crippen LogP contribution in [0.1, 0.15) is 36.3 Å². The molecular weight excluding hydrogens is 328 g/mol. The van der Waals surface area contributed by atoms with Crippen LogP contribution >= 0.6 is 0 Å². The summed E-state index contributed by atoms with van der Waals surface area (Å²) >= 11 is 0. The van der Waals surface area contributed by atoms with Gasteiger partial charge in [0.15, 0.2) is 0 Å². The summed E-state index contributed by atoms with van der Waals surface area (Å²) < 4.78 is 40.3. The van der Waals surface area contributed by atoms with E-state index in [0.717, 1.165) is 23.9 Å². The van der Waals surface area contributed by atoms with Gasteiger partial charge in [-0.2, -0.15) is 13.5 Å². The lowest BCUT2D eigenvalue weighted by atomic mass is 9.96. The van der Waals surface area contributed by atoms with Crippen molar-refractivity contribution in [1.29, 1.82) is 0 Å². The van der Waals surface area contributed by atoms with Crippen molar-refractivity contribution in [3.8, 4) is 0 Å². The Labute approximate surface area is 132 Å². The summed E-state index contributed by atoms with van der Waals surface area (Å²) in [6.07, 6.45) is 1.17. The maximum Gasteiger partial charge on any atom is 0.418 e. The number of fused-ring (bicyclic) bond motifs is 2. The van der Waals surface area contributed by atoms with Gasteiger partial charge in [-0.3, -0.25) is 4.55 Å². The summed E-state index contributed by atoms with van der Waals surface area (Å²) in [6, 6.07) is 0.586. The molecule has 10 nitrogen and oxygen atoms in total. The number of aromatic nitrogens is 1. The SMILES string of the molecule is O=C1N2C[C@@H](CC[C@@H]2c2cc(C3CNC3)on2)N1OS(=O)(=O)O. The van der Waals surface area contributed by atoms with Gasteiger partial charge < -0.3 is 14.7 Å². The monoisotopic (exact) mass is 344 g/mol. The number of carbonyl (C=O) groups excluding carboxylic acids is 1. The summed E-state index contributed by atoms with van der Waals surface area (Å²) in [4.78, 5) is 13.8. The minimum atomic E-state index is -4.73. The second kappa shape index (κ2) is 5.16. The van der Waals surface area contributed by atoms with Crippen LogP contribution in [0.2, 0.25) is 0 Å². The van der Waals surface area contributed by atoms with Gasteiger partial charge in [0, 0.05) is 31.6 Å². The van der Waals surface area contributed by atoms with E-state index < -0.39 is 22.5 Å². The van der Waals surface area contributed by atoms with Gasteiger partial charge in [0.25, 0.3) is 0 Å². The topological polar surface area (TPSA) is 125 Å². The highest BCUT2D eigenvalue weighted by Gasteiger charge is 2.48. The van der Waals surface area contributed by atoms with E-state index in [-0.39, 0.29) is 6.04 Å². The molecule has 0 unspecified atom stereocenters. The maximum atomic E-state index is 12.3. The standard InChI is InChI=1S/C12H16N4O6S/c17-12-15-6-8(16(12)22-23(18,19)20)1-2-10(15)9-3-11(21-14-9)7-4-13-5-7/h3,7-8,10,13H,1-2,4-6H2,(H,18,19,20)/t8-,10-/m1/s1. The number of urea groups is 1. The van der Waals surface area contributed by atoms with Crippen molar-refractivity contribution in [2.75, 3.05) is 19.6 Å². The first-order valence-electron chi connectivity index (χ1n) is 7.36. The number of nitrogens with zero attached hydrogens (tertiary/aromatic N) is 3. The van der Waals surface area contributed by atoms with E-state index in [1.165, 1.54) is 4.90 Å². The fraction of sp³-hybridized carbons (Fsp3) is 0.667. The molecule has 2 bridgehead atoms. The second-order valence-corrected chi connectivity index (χ2v) is 7.02. The number of hydrogen-bond acceptors (Lipinski definition) is 7. The summed E-state index contributed by atoms with van der Waals surface area (Å²) in [5, 5.41) is 7.95. The zero-order valence-corrected chi connectivity index (χ0v) is 12.9. The molecule has 2 N–H and O–H groups in total. The molecule has 3 aliphatic rings. The Bertz CT molecular complexity index is 730. The highest BCUT2D eigenvalue weighted by atomic mass is 32.3. The molecule has 4 heterocycles. The molecule has 1 aromatic heterocycles.